The van der Waals surface area contributed by atoms with Gasteiger partial charge in [0, 0.05) is 5.56 Å². The minimum atomic E-state index is -4.50. The summed E-state index contributed by atoms with van der Waals surface area (Å²) in [4.78, 5) is 25.1. The van der Waals surface area contributed by atoms with E-state index in [1.807, 2.05) is 0 Å². The van der Waals surface area contributed by atoms with Gasteiger partial charge < -0.3 is 15.4 Å². The number of allylic oxidation sites excluding steroid dienone is 1. The van der Waals surface area contributed by atoms with Crippen LogP contribution in [0.4, 0.5) is 18.0 Å². The Balaban J connectivity index is 1.89. The first-order chi connectivity index (χ1) is 13.7. The van der Waals surface area contributed by atoms with E-state index in [0.717, 1.165) is 16.9 Å². The molecule has 2 aromatic rings. The number of nitrogens with zero attached hydrogens (tertiary/aromatic N) is 4. The maximum absolute atomic E-state index is 12.9. The van der Waals surface area contributed by atoms with E-state index in [1.165, 1.54) is 12.1 Å². The number of amides is 2. The van der Waals surface area contributed by atoms with E-state index in [9.17, 15) is 22.8 Å². The second kappa shape index (κ2) is 7.89. The zero-order valence-corrected chi connectivity index (χ0v) is 15.4. The average molecular weight is 410 g/mol. The van der Waals surface area contributed by atoms with Crippen molar-refractivity contribution < 1.29 is 27.5 Å². The Labute approximate surface area is 162 Å². The van der Waals surface area contributed by atoms with Crippen molar-refractivity contribution in [2.24, 2.45) is 0 Å². The first kappa shape index (κ1) is 20.3. The van der Waals surface area contributed by atoms with E-state index < -0.39 is 29.8 Å². The molecule has 1 atom stereocenters. The Kier molecular flexibility index (Phi) is 5.52. The molecular formula is C17H17F3N6O3. The topological polar surface area (TPSA) is 111 Å². The lowest BCUT2D eigenvalue weighted by molar-refractivity contribution is -0.139. The van der Waals surface area contributed by atoms with Crippen LogP contribution in [0, 0.1) is 0 Å². The number of ether oxygens (including phenoxy) is 1. The predicted octanol–water partition coefficient (Wildman–Crippen LogP) is 1.88. The number of benzene rings is 1. The SMILES string of the molecule is CCOC(=O)C1=C(Cn2nnc(-c3cccc(C(F)(F)F)c3)n2)NC(=O)NC1C. The maximum atomic E-state index is 12.9. The molecule has 0 bridgehead atoms. The van der Waals surface area contributed by atoms with Crippen LogP contribution in [0.15, 0.2) is 35.5 Å². The molecule has 1 aliphatic rings. The predicted molar refractivity (Wildman–Crippen MR) is 93.0 cm³/mol. The summed E-state index contributed by atoms with van der Waals surface area (Å²) in [5.74, 6) is -0.636. The molecule has 1 aliphatic heterocycles. The lowest BCUT2D eigenvalue weighted by Gasteiger charge is -2.26. The average Bonchev–Trinajstić information content (AvgIpc) is 3.09. The molecule has 1 unspecified atom stereocenters. The molecule has 0 aliphatic carbocycles. The zero-order valence-electron chi connectivity index (χ0n) is 15.4. The van der Waals surface area contributed by atoms with Gasteiger partial charge >= 0.3 is 18.2 Å². The Morgan fingerprint density at radius 2 is 2.10 bits per heavy atom. The molecule has 0 saturated carbocycles. The van der Waals surface area contributed by atoms with E-state index in [0.29, 0.717) is 0 Å². The fourth-order valence-corrected chi connectivity index (χ4v) is 2.81. The quantitative estimate of drug-likeness (QED) is 0.728. The van der Waals surface area contributed by atoms with E-state index in [1.54, 1.807) is 13.8 Å². The van der Waals surface area contributed by atoms with Crippen LogP contribution in [-0.4, -0.2) is 44.9 Å². The van der Waals surface area contributed by atoms with Crippen molar-refractivity contribution in [3.05, 3.63) is 41.1 Å². The molecule has 2 amide bonds. The summed E-state index contributed by atoms with van der Waals surface area (Å²) in [5, 5.41) is 16.7. The molecule has 0 radical (unpaired) electrons. The third-order valence-corrected chi connectivity index (χ3v) is 4.07. The second-order valence-corrected chi connectivity index (χ2v) is 6.15. The summed E-state index contributed by atoms with van der Waals surface area (Å²) in [7, 11) is 0. The van der Waals surface area contributed by atoms with E-state index >= 15 is 0 Å². The molecule has 1 aromatic carbocycles. The Bertz CT molecular complexity index is 969. The summed E-state index contributed by atoms with van der Waals surface area (Å²) in [6.07, 6.45) is -4.50. The third kappa shape index (κ3) is 4.52. The standard InChI is InChI=1S/C17H17F3N6O3/c1-3-29-15(27)13-9(2)21-16(28)22-12(13)8-26-24-14(23-25-26)10-5-4-6-11(7-10)17(18,19)20/h4-7,9H,3,8H2,1-2H3,(H2,21,22,28). The molecule has 0 fully saturated rings. The van der Waals surface area contributed by atoms with E-state index in [-0.39, 0.29) is 35.8 Å². The second-order valence-electron chi connectivity index (χ2n) is 6.15. The van der Waals surface area contributed by atoms with Gasteiger partial charge in [-0.3, -0.25) is 0 Å². The summed E-state index contributed by atoms with van der Waals surface area (Å²) < 4.78 is 43.7. The highest BCUT2D eigenvalue weighted by Gasteiger charge is 2.31. The summed E-state index contributed by atoms with van der Waals surface area (Å²) in [5.41, 5.74) is -0.288. The summed E-state index contributed by atoms with van der Waals surface area (Å²) >= 11 is 0. The largest absolute Gasteiger partial charge is 0.463 e. The minimum Gasteiger partial charge on any atom is -0.463 e. The molecule has 12 heteroatoms. The number of aromatic nitrogens is 4. The molecular weight excluding hydrogens is 393 g/mol. The van der Waals surface area contributed by atoms with Crippen molar-refractivity contribution in [2.45, 2.75) is 32.6 Å². The van der Waals surface area contributed by atoms with Crippen LogP contribution in [-0.2, 0) is 22.3 Å². The lowest BCUT2D eigenvalue weighted by Crippen LogP contribution is -2.50. The number of carbonyl (C=O) groups excluding carboxylic acids is 2. The van der Waals surface area contributed by atoms with Crippen molar-refractivity contribution in [1.82, 2.24) is 30.8 Å². The van der Waals surface area contributed by atoms with Crippen LogP contribution >= 0.6 is 0 Å². The monoisotopic (exact) mass is 410 g/mol. The van der Waals surface area contributed by atoms with Gasteiger partial charge in [-0.2, -0.15) is 18.0 Å². The molecule has 3 rings (SSSR count). The molecule has 2 N–H and O–H groups in total. The maximum Gasteiger partial charge on any atom is 0.416 e. The van der Waals surface area contributed by atoms with Crippen LogP contribution in [0.2, 0.25) is 0 Å². The highest BCUT2D eigenvalue weighted by atomic mass is 19.4. The van der Waals surface area contributed by atoms with Crippen molar-refractivity contribution in [3.63, 3.8) is 0 Å². The number of tetrazole rings is 1. The highest BCUT2D eigenvalue weighted by molar-refractivity contribution is 5.94. The number of halogens is 3. The van der Waals surface area contributed by atoms with E-state index in [2.05, 4.69) is 26.0 Å². The van der Waals surface area contributed by atoms with Gasteiger partial charge in [0.1, 0.15) is 6.54 Å². The number of urea groups is 1. The number of hydrogen-bond donors (Lipinski definition) is 2. The molecule has 1 aromatic heterocycles. The molecule has 9 nitrogen and oxygen atoms in total. The zero-order chi connectivity index (χ0) is 21.2. The number of alkyl halides is 3. The van der Waals surface area contributed by atoms with Crippen LogP contribution in [0.25, 0.3) is 11.4 Å². The van der Waals surface area contributed by atoms with Gasteiger partial charge in [0.2, 0.25) is 5.82 Å². The van der Waals surface area contributed by atoms with Crippen molar-refractivity contribution in [2.75, 3.05) is 6.61 Å². The van der Waals surface area contributed by atoms with Crippen LogP contribution in [0.3, 0.4) is 0 Å². The van der Waals surface area contributed by atoms with Gasteiger partial charge in [-0.1, -0.05) is 12.1 Å². The smallest absolute Gasteiger partial charge is 0.416 e. The normalized spacial score (nSPS) is 17.0. The van der Waals surface area contributed by atoms with Crippen molar-refractivity contribution >= 4 is 12.0 Å². The van der Waals surface area contributed by atoms with Gasteiger partial charge in [0.25, 0.3) is 0 Å². The number of hydrogen-bond acceptors (Lipinski definition) is 6. The lowest BCUT2D eigenvalue weighted by atomic mass is 10.0. The van der Waals surface area contributed by atoms with E-state index in [4.69, 9.17) is 4.74 Å². The Hall–Kier alpha value is -3.44. The van der Waals surface area contributed by atoms with Gasteiger partial charge in [0.05, 0.1) is 29.5 Å². The molecule has 29 heavy (non-hydrogen) atoms. The fraction of sp³-hybridized carbons (Fsp3) is 0.353. The van der Waals surface area contributed by atoms with Crippen LogP contribution in [0.5, 0.6) is 0 Å². The first-order valence-corrected chi connectivity index (χ1v) is 8.62. The van der Waals surface area contributed by atoms with Gasteiger partial charge in [0.15, 0.2) is 0 Å². The van der Waals surface area contributed by atoms with Gasteiger partial charge in [-0.15, -0.1) is 10.2 Å². The Morgan fingerprint density at radius 3 is 2.79 bits per heavy atom. The van der Waals surface area contributed by atoms with Crippen molar-refractivity contribution in [3.8, 4) is 11.4 Å². The number of esters is 1. The number of carbonyl (C=O) groups is 2. The third-order valence-electron chi connectivity index (χ3n) is 4.07. The van der Waals surface area contributed by atoms with Crippen molar-refractivity contribution in [1.29, 1.82) is 0 Å². The molecule has 154 valence electrons. The molecule has 0 spiro atoms. The summed E-state index contributed by atoms with van der Waals surface area (Å²) in [6.45, 7) is 3.29. The van der Waals surface area contributed by atoms with Crippen LogP contribution < -0.4 is 10.6 Å². The Morgan fingerprint density at radius 1 is 1.34 bits per heavy atom. The fourth-order valence-electron chi connectivity index (χ4n) is 2.81. The van der Waals surface area contributed by atoms with Gasteiger partial charge in [-0.25, -0.2) is 9.59 Å². The number of nitrogens with one attached hydrogen (secondary N) is 2. The first-order valence-electron chi connectivity index (χ1n) is 8.62. The molecule has 0 saturated heterocycles. The minimum absolute atomic E-state index is 0.0253. The summed E-state index contributed by atoms with van der Waals surface area (Å²) in [6, 6.07) is 3.40. The van der Waals surface area contributed by atoms with Gasteiger partial charge in [-0.05, 0) is 31.2 Å². The highest BCUT2D eigenvalue weighted by Crippen LogP contribution is 2.31. The van der Waals surface area contributed by atoms with Crippen LogP contribution in [0.1, 0.15) is 19.4 Å². The number of rotatable bonds is 5. The molecule has 2 heterocycles.